The molecule has 0 saturated carbocycles. The zero-order valence-corrected chi connectivity index (χ0v) is 16.2. The lowest BCUT2D eigenvalue weighted by molar-refractivity contribution is -0.384. The molecule has 152 valence electrons. The zero-order valence-electron chi connectivity index (χ0n) is 15.4. The summed E-state index contributed by atoms with van der Waals surface area (Å²) in [4.78, 5) is 35.2. The van der Waals surface area contributed by atoms with Crippen LogP contribution in [-0.2, 0) is 29.1 Å². The smallest absolute Gasteiger partial charge is 0.340 e. The Morgan fingerprint density at radius 3 is 2.14 bits per heavy atom. The number of nitrogens with zero attached hydrogens (tertiary/aromatic N) is 2. The lowest BCUT2D eigenvalue weighted by atomic mass is 9.76. The summed E-state index contributed by atoms with van der Waals surface area (Å²) in [7, 11) is -4.36. The summed E-state index contributed by atoms with van der Waals surface area (Å²) < 4.78 is 36.8. The Morgan fingerprint density at radius 2 is 1.75 bits per heavy atom. The number of hydrogen-bond acceptors (Lipinski definition) is 8. The van der Waals surface area contributed by atoms with E-state index in [1.807, 2.05) is 0 Å². The van der Waals surface area contributed by atoms with Crippen LogP contribution in [0.15, 0.2) is 41.8 Å². The summed E-state index contributed by atoms with van der Waals surface area (Å²) in [5.41, 5.74) is -2.53. The van der Waals surface area contributed by atoms with E-state index < -0.39 is 38.3 Å². The molecule has 1 aliphatic heterocycles. The second-order valence-corrected chi connectivity index (χ2v) is 7.70. The van der Waals surface area contributed by atoms with Gasteiger partial charge in [-0.05, 0) is 26.0 Å². The van der Waals surface area contributed by atoms with Crippen molar-refractivity contribution in [1.29, 1.82) is 0 Å². The molecule has 0 amide bonds. The monoisotopic (exact) mass is 412 g/mol. The van der Waals surface area contributed by atoms with E-state index in [0.717, 1.165) is 24.3 Å². The number of hydrogen-bond donors (Lipinski definition) is 0. The lowest BCUT2D eigenvalue weighted by Crippen LogP contribution is -2.76. The van der Waals surface area contributed by atoms with E-state index in [0.29, 0.717) is 4.31 Å². The molecule has 1 atom stereocenters. The van der Waals surface area contributed by atoms with Crippen molar-refractivity contribution in [3.8, 4) is 0 Å². The second kappa shape index (κ2) is 8.07. The summed E-state index contributed by atoms with van der Waals surface area (Å²) in [6, 6.07) is 4.12. The highest BCUT2D eigenvalue weighted by Crippen LogP contribution is 2.44. The van der Waals surface area contributed by atoms with Gasteiger partial charge in [0.25, 0.3) is 5.69 Å². The van der Waals surface area contributed by atoms with Gasteiger partial charge in [-0.3, -0.25) is 10.1 Å². The number of non-ortho nitro benzene ring substituents is 1. The average Bonchev–Trinajstić information content (AvgIpc) is 2.62. The molecular formula is C17H20N2O8S. The van der Waals surface area contributed by atoms with Gasteiger partial charge in [-0.15, -0.1) is 6.58 Å². The van der Waals surface area contributed by atoms with Crippen molar-refractivity contribution >= 4 is 27.6 Å². The Labute approximate surface area is 161 Å². The van der Waals surface area contributed by atoms with Gasteiger partial charge >= 0.3 is 11.9 Å². The van der Waals surface area contributed by atoms with Crippen LogP contribution in [0.1, 0.15) is 13.8 Å². The number of rotatable bonds is 8. The van der Waals surface area contributed by atoms with Gasteiger partial charge in [0.1, 0.15) is 0 Å². The molecule has 0 N–H and O–H groups in total. The molecule has 0 radical (unpaired) electrons. The van der Waals surface area contributed by atoms with E-state index in [1.165, 1.54) is 19.9 Å². The second-order valence-electron chi connectivity index (χ2n) is 5.84. The number of benzene rings is 1. The molecule has 0 bridgehead atoms. The summed E-state index contributed by atoms with van der Waals surface area (Å²) in [5.74, 6) is -2.97. The van der Waals surface area contributed by atoms with E-state index in [4.69, 9.17) is 9.47 Å². The third kappa shape index (κ3) is 3.27. The highest BCUT2D eigenvalue weighted by Gasteiger charge is 2.69. The minimum atomic E-state index is -4.36. The fourth-order valence-electron chi connectivity index (χ4n) is 3.00. The molecule has 1 aromatic carbocycles. The first-order chi connectivity index (χ1) is 13.2. The predicted octanol–water partition coefficient (Wildman–Crippen LogP) is 1.27. The zero-order chi connectivity index (χ0) is 21.1. The topological polar surface area (TPSA) is 133 Å². The van der Waals surface area contributed by atoms with Crippen molar-refractivity contribution in [3.05, 3.63) is 47.0 Å². The van der Waals surface area contributed by atoms with Crippen molar-refractivity contribution in [2.45, 2.75) is 24.3 Å². The third-order valence-corrected chi connectivity index (χ3v) is 6.27. The molecule has 1 aliphatic rings. The Balaban J connectivity index is 2.56. The van der Waals surface area contributed by atoms with Crippen LogP contribution in [0, 0.1) is 16.0 Å². The van der Waals surface area contributed by atoms with Crippen molar-refractivity contribution in [3.63, 3.8) is 0 Å². The van der Waals surface area contributed by atoms with Crippen molar-refractivity contribution in [2.24, 2.45) is 5.92 Å². The number of sulfonamides is 1. The van der Waals surface area contributed by atoms with Gasteiger partial charge in [-0.2, -0.15) is 4.31 Å². The first-order valence-corrected chi connectivity index (χ1v) is 9.86. The van der Waals surface area contributed by atoms with Crippen LogP contribution in [0.3, 0.4) is 0 Å². The van der Waals surface area contributed by atoms with Crippen LogP contribution in [0.4, 0.5) is 5.69 Å². The van der Waals surface area contributed by atoms with E-state index in [9.17, 15) is 28.1 Å². The molecule has 1 heterocycles. The normalized spacial score (nSPS) is 18.6. The van der Waals surface area contributed by atoms with E-state index in [2.05, 4.69) is 6.58 Å². The molecule has 1 aromatic rings. The molecule has 0 spiro atoms. The SMILES string of the molecule is C=CC1CN(S(=O)(=O)c2ccc([N+](=O)[O-])cc2)C1(C(=O)OCC)C(=O)OCC. The Kier molecular flexibility index (Phi) is 6.20. The van der Waals surface area contributed by atoms with Crippen LogP contribution >= 0.6 is 0 Å². The maximum absolute atomic E-state index is 13.1. The average molecular weight is 412 g/mol. The molecule has 11 heteroatoms. The maximum atomic E-state index is 13.1. The van der Waals surface area contributed by atoms with Crippen molar-refractivity contribution in [2.75, 3.05) is 19.8 Å². The van der Waals surface area contributed by atoms with E-state index in [-0.39, 0.29) is 30.3 Å². The number of carbonyl (C=O) groups is 2. The highest BCUT2D eigenvalue weighted by molar-refractivity contribution is 7.89. The van der Waals surface area contributed by atoms with Gasteiger partial charge in [0.15, 0.2) is 0 Å². The lowest BCUT2D eigenvalue weighted by Gasteiger charge is -2.51. The van der Waals surface area contributed by atoms with Gasteiger partial charge in [-0.25, -0.2) is 18.0 Å². The molecule has 1 saturated heterocycles. The number of esters is 2. The molecule has 2 rings (SSSR count). The van der Waals surface area contributed by atoms with Crippen LogP contribution in [0.25, 0.3) is 0 Å². The molecule has 1 fully saturated rings. The molecule has 0 aliphatic carbocycles. The fourth-order valence-corrected chi connectivity index (χ4v) is 4.75. The largest absolute Gasteiger partial charge is 0.464 e. The van der Waals surface area contributed by atoms with Crippen LogP contribution in [-0.4, -0.2) is 54.9 Å². The fraction of sp³-hybridized carbons (Fsp3) is 0.412. The van der Waals surface area contributed by atoms with Gasteiger partial charge in [0.2, 0.25) is 15.6 Å². The number of nitro benzene ring substituents is 1. The minimum Gasteiger partial charge on any atom is -0.464 e. The standard InChI is InChI=1S/C17H20N2O8S/c1-4-12-11-18(17(12,15(20)26-5-2)16(21)27-6-3)28(24,25)14-9-7-13(8-10-14)19(22)23/h4,7-10,12H,1,5-6,11H2,2-3H3. The molecule has 1 unspecified atom stereocenters. The summed E-state index contributed by atoms with van der Waals surface area (Å²) in [6.45, 7) is 6.27. The van der Waals surface area contributed by atoms with Gasteiger partial charge in [-0.1, -0.05) is 6.08 Å². The summed E-state index contributed by atoms with van der Waals surface area (Å²) >= 11 is 0. The highest BCUT2D eigenvalue weighted by atomic mass is 32.2. The number of ether oxygens (including phenoxy) is 2. The van der Waals surface area contributed by atoms with E-state index in [1.54, 1.807) is 0 Å². The summed E-state index contributed by atoms with van der Waals surface area (Å²) in [6.07, 6.45) is 1.30. The number of carbonyl (C=O) groups excluding carboxylic acids is 2. The predicted molar refractivity (Wildman–Crippen MR) is 96.7 cm³/mol. The Morgan fingerprint density at radius 1 is 1.25 bits per heavy atom. The Hall–Kier alpha value is -2.79. The molecule has 10 nitrogen and oxygen atoms in total. The van der Waals surface area contributed by atoms with Crippen LogP contribution < -0.4 is 0 Å². The number of nitro groups is 1. The first-order valence-electron chi connectivity index (χ1n) is 8.42. The van der Waals surface area contributed by atoms with Gasteiger partial charge in [0.05, 0.1) is 23.0 Å². The van der Waals surface area contributed by atoms with Gasteiger partial charge < -0.3 is 9.47 Å². The maximum Gasteiger partial charge on any atom is 0.340 e. The van der Waals surface area contributed by atoms with Gasteiger partial charge in [0, 0.05) is 24.6 Å². The van der Waals surface area contributed by atoms with Crippen LogP contribution in [0.2, 0.25) is 0 Å². The third-order valence-electron chi connectivity index (χ3n) is 4.39. The molecule has 28 heavy (non-hydrogen) atoms. The first kappa shape index (κ1) is 21.5. The van der Waals surface area contributed by atoms with Crippen molar-refractivity contribution < 1.29 is 32.4 Å². The molecule has 0 aromatic heterocycles. The molecular weight excluding hydrogens is 392 g/mol. The van der Waals surface area contributed by atoms with E-state index >= 15 is 0 Å². The summed E-state index contributed by atoms with van der Waals surface area (Å²) in [5, 5.41) is 10.8. The quantitative estimate of drug-likeness (QED) is 0.205. The Bertz CT molecular complexity index is 876. The van der Waals surface area contributed by atoms with Crippen molar-refractivity contribution in [1.82, 2.24) is 4.31 Å². The van der Waals surface area contributed by atoms with Crippen LogP contribution in [0.5, 0.6) is 0 Å². The minimum absolute atomic E-state index is 0.0741.